The summed E-state index contributed by atoms with van der Waals surface area (Å²) in [6.45, 7) is 8.26. The molecule has 5 aromatic rings. The van der Waals surface area contributed by atoms with Gasteiger partial charge in [-0.15, -0.1) is 0 Å². The minimum absolute atomic E-state index is 0.0536. The van der Waals surface area contributed by atoms with Crippen LogP contribution in [0.1, 0.15) is 66.1 Å². The number of hydrogen-bond acceptors (Lipinski definition) is 3. The Morgan fingerprint density at radius 2 is 1.60 bits per heavy atom. The summed E-state index contributed by atoms with van der Waals surface area (Å²) in [7, 11) is 0. The molecule has 3 aliphatic rings. The lowest BCUT2D eigenvalue weighted by atomic mass is 9.76. The first-order valence-corrected chi connectivity index (χ1v) is 17.8. The first-order chi connectivity index (χ1) is 25.4. The molecule has 8 rings (SSSR count). The summed E-state index contributed by atoms with van der Waals surface area (Å²) < 4.78 is 4.63. The fraction of sp³-hybridized carbons (Fsp3) is 0.170. The molecule has 0 spiro atoms. The van der Waals surface area contributed by atoms with E-state index in [1.54, 1.807) is 6.08 Å². The molecule has 3 aliphatic carbocycles. The van der Waals surface area contributed by atoms with Crippen molar-refractivity contribution in [2.24, 2.45) is 5.92 Å². The van der Waals surface area contributed by atoms with Crippen molar-refractivity contribution >= 4 is 39.7 Å². The van der Waals surface area contributed by atoms with E-state index < -0.39 is 0 Å². The minimum Gasteiger partial charge on any atom is -0.313 e. The number of hydrogen-bond donors (Lipinski definition) is 0. The molecule has 0 saturated heterocycles. The lowest BCUT2D eigenvalue weighted by molar-refractivity contribution is 0.709. The Morgan fingerprint density at radius 1 is 0.865 bits per heavy atom. The average Bonchev–Trinajstić information content (AvgIpc) is 3.68. The van der Waals surface area contributed by atoms with Crippen LogP contribution in [-0.4, -0.2) is 9.13 Å². The zero-order valence-corrected chi connectivity index (χ0v) is 29.3. The molecule has 0 radical (unpaired) electrons. The number of para-hydroxylation sites is 3. The van der Waals surface area contributed by atoms with Gasteiger partial charge in [0.05, 0.1) is 34.8 Å². The van der Waals surface area contributed by atoms with Crippen molar-refractivity contribution in [3.8, 4) is 23.9 Å². The van der Waals surface area contributed by atoms with Crippen molar-refractivity contribution in [1.82, 2.24) is 9.13 Å². The topological polar surface area (TPSA) is 81.2 Å². The number of allylic oxidation sites excluding steroid dienone is 11. The SMILES string of the molecule is C=C(C#N)/C=C\c1c(C)c2ccccc2n1-c1ccccc1C1C=C(C#N)C(C2CC(n3c4c(c5ccccc53)C(C)CC=C4)=CC=C2C#N)=CC1. The Bertz CT molecular complexity index is 2640. The van der Waals surface area contributed by atoms with Gasteiger partial charge in [-0.3, -0.25) is 0 Å². The van der Waals surface area contributed by atoms with Gasteiger partial charge in [-0.1, -0.05) is 86.3 Å². The molecule has 0 fully saturated rings. The quantitative estimate of drug-likeness (QED) is 0.133. The summed E-state index contributed by atoms with van der Waals surface area (Å²) >= 11 is 0. The highest BCUT2D eigenvalue weighted by Crippen LogP contribution is 2.45. The Morgan fingerprint density at radius 3 is 2.37 bits per heavy atom. The van der Waals surface area contributed by atoms with Gasteiger partial charge < -0.3 is 9.13 Å². The van der Waals surface area contributed by atoms with Crippen LogP contribution in [0.4, 0.5) is 0 Å². The minimum atomic E-state index is -0.227. The van der Waals surface area contributed by atoms with E-state index in [0.717, 1.165) is 51.1 Å². The predicted octanol–water partition coefficient (Wildman–Crippen LogP) is 11.4. The van der Waals surface area contributed by atoms with Crippen molar-refractivity contribution in [2.45, 2.75) is 44.9 Å². The van der Waals surface area contributed by atoms with E-state index in [9.17, 15) is 15.8 Å². The van der Waals surface area contributed by atoms with Crippen LogP contribution in [0.2, 0.25) is 0 Å². The second-order valence-electron chi connectivity index (χ2n) is 13.9. The molecule has 5 heteroatoms. The highest BCUT2D eigenvalue weighted by molar-refractivity contribution is 5.93. The number of fused-ring (bicyclic) bond motifs is 4. The molecule has 0 amide bonds. The average molecular weight is 672 g/mol. The summed E-state index contributed by atoms with van der Waals surface area (Å²) in [5, 5.41) is 32.8. The molecule has 3 aromatic carbocycles. The Hall–Kier alpha value is -6.61. The third-order valence-corrected chi connectivity index (χ3v) is 11.0. The Labute approximate surface area is 304 Å². The van der Waals surface area contributed by atoms with Crippen LogP contribution in [0.5, 0.6) is 0 Å². The van der Waals surface area contributed by atoms with E-state index in [-0.39, 0.29) is 11.8 Å². The van der Waals surface area contributed by atoms with Crippen molar-refractivity contribution in [1.29, 1.82) is 15.8 Å². The smallest absolute Gasteiger partial charge is 0.0991 e. The van der Waals surface area contributed by atoms with Crippen LogP contribution in [0.15, 0.2) is 138 Å². The van der Waals surface area contributed by atoms with E-state index in [4.69, 9.17) is 0 Å². The van der Waals surface area contributed by atoms with Gasteiger partial charge in [0.1, 0.15) is 0 Å². The molecular formula is C47H37N5. The van der Waals surface area contributed by atoms with Gasteiger partial charge in [-0.25, -0.2) is 0 Å². The molecule has 52 heavy (non-hydrogen) atoms. The second-order valence-corrected chi connectivity index (χ2v) is 13.9. The molecular weight excluding hydrogens is 635 g/mol. The number of aromatic nitrogens is 2. The Balaban J connectivity index is 1.18. The summed E-state index contributed by atoms with van der Waals surface area (Å²) in [5.74, 6) is 0.139. The van der Waals surface area contributed by atoms with Crippen LogP contribution in [-0.2, 0) is 0 Å². The fourth-order valence-electron chi connectivity index (χ4n) is 8.51. The maximum Gasteiger partial charge on any atom is 0.0991 e. The zero-order chi connectivity index (χ0) is 35.9. The molecule has 0 bridgehead atoms. The van der Waals surface area contributed by atoms with Crippen molar-refractivity contribution in [2.75, 3.05) is 0 Å². The number of rotatable bonds is 6. The van der Waals surface area contributed by atoms with E-state index in [1.165, 1.54) is 22.2 Å². The van der Waals surface area contributed by atoms with E-state index >= 15 is 0 Å². The van der Waals surface area contributed by atoms with E-state index in [1.807, 2.05) is 30.4 Å². The van der Waals surface area contributed by atoms with E-state index in [2.05, 4.69) is 133 Å². The molecule has 0 aliphatic heterocycles. The van der Waals surface area contributed by atoms with E-state index in [0.29, 0.717) is 35.5 Å². The van der Waals surface area contributed by atoms with Crippen molar-refractivity contribution in [3.63, 3.8) is 0 Å². The van der Waals surface area contributed by atoms with Gasteiger partial charge in [0.15, 0.2) is 0 Å². The third kappa shape index (κ3) is 5.29. The van der Waals surface area contributed by atoms with Gasteiger partial charge >= 0.3 is 0 Å². The number of nitriles is 3. The lowest BCUT2D eigenvalue weighted by Crippen LogP contribution is -2.18. The zero-order valence-electron chi connectivity index (χ0n) is 29.3. The van der Waals surface area contributed by atoms with Gasteiger partial charge in [0.25, 0.3) is 0 Å². The standard InChI is InChI=1S/C47H37N5/c1-30(27-48)19-24-42-32(3)37-12-4-7-15-43(37)52(42)44-16-8-5-13-39(44)33-21-23-38(35(25-33)29-50)41-26-36(22-20-34(41)28-49)51-45-17-9-6-14-40(45)47-31(2)11-10-18-46(47)51/h4-10,12-20,22-25,31,33,41H,1,11,21,26H2,2-3H3/b24-19-. The highest BCUT2D eigenvalue weighted by atomic mass is 15.0. The summed E-state index contributed by atoms with van der Waals surface area (Å²) in [6, 6.07) is 32.4. The largest absolute Gasteiger partial charge is 0.313 e. The Kier molecular flexibility index (Phi) is 8.31. The summed E-state index contributed by atoms with van der Waals surface area (Å²) in [6.07, 6.45) is 18.9. The molecule has 3 unspecified atom stereocenters. The first-order valence-electron chi connectivity index (χ1n) is 17.8. The second kappa shape index (κ2) is 13.3. The maximum absolute atomic E-state index is 10.7. The highest BCUT2D eigenvalue weighted by Gasteiger charge is 2.32. The number of nitrogens with zero attached hydrogens (tertiary/aromatic N) is 5. The van der Waals surface area contributed by atoms with Crippen molar-refractivity contribution in [3.05, 3.63) is 166 Å². The fourth-order valence-corrected chi connectivity index (χ4v) is 8.51. The maximum atomic E-state index is 10.7. The molecule has 2 aromatic heterocycles. The third-order valence-electron chi connectivity index (χ3n) is 11.0. The molecule has 3 atom stereocenters. The summed E-state index contributed by atoms with van der Waals surface area (Å²) in [5.41, 5.74) is 12.8. The number of benzene rings is 3. The molecule has 0 saturated carbocycles. The van der Waals surface area contributed by atoms with Crippen molar-refractivity contribution < 1.29 is 0 Å². The van der Waals surface area contributed by atoms with Gasteiger partial charge in [-0.05, 0) is 103 Å². The first kappa shape index (κ1) is 32.6. The van der Waals surface area contributed by atoms with Crippen LogP contribution in [0, 0.1) is 46.8 Å². The molecule has 250 valence electrons. The van der Waals surface area contributed by atoms with Crippen LogP contribution < -0.4 is 0 Å². The molecule has 0 N–H and O–H groups in total. The van der Waals surface area contributed by atoms with Crippen LogP contribution in [0.3, 0.4) is 0 Å². The van der Waals surface area contributed by atoms with Gasteiger partial charge in [0.2, 0.25) is 0 Å². The lowest BCUT2D eigenvalue weighted by Gasteiger charge is -2.29. The number of aryl methyl sites for hydroxylation is 1. The monoisotopic (exact) mass is 671 g/mol. The predicted molar refractivity (Wildman–Crippen MR) is 211 cm³/mol. The summed E-state index contributed by atoms with van der Waals surface area (Å²) in [4.78, 5) is 0. The van der Waals surface area contributed by atoms with Crippen LogP contribution >= 0.6 is 0 Å². The molecule has 5 nitrogen and oxygen atoms in total. The van der Waals surface area contributed by atoms with Gasteiger partial charge in [-0.2, -0.15) is 15.8 Å². The molecule has 2 heterocycles. The normalized spacial score (nSPS) is 19.6. The van der Waals surface area contributed by atoms with Gasteiger partial charge in [0, 0.05) is 56.5 Å². The van der Waals surface area contributed by atoms with Crippen LogP contribution in [0.25, 0.3) is 45.3 Å².